The van der Waals surface area contributed by atoms with Crippen LogP contribution in [0.3, 0.4) is 0 Å². The zero-order valence-electron chi connectivity index (χ0n) is 15.4. The molecule has 6 nitrogen and oxygen atoms in total. The van der Waals surface area contributed by atoms with Gasteiger partial charge in [-0.3, -0.25) is 9.59 Å². The van der Waals surface area contributed by atoms with Gasteiger partial charge in [-0.2, -0.15) is 0 Å². The predicted molar refractivity (Wildman–Crippen MR) is 99.3 cm³/mol. The maximum Gasteiger partial charge on any atom is 0.253 e. The van der Waals surface area contributed by atoms with E-state index in [9.17, 15) is 9.59 Å². The normalized spacial score (nSPS) is 26.7. The number of rotatable bonds is 2. The smallest absolute Gasteiger partial charge is 0.253 e. The molecule has 4 rings (SSSR count). The zero-order valence-corrected chi connectivity index (χ0v) is 15.4. The molecule has 2 bridgehead atoms. The molecule has 3 saturated heterocycles. The molecule has 0 radical (unpaired) electrons. The van der Waals surface area contributed by atoms with Crippen LogP contribution < -0.4 is 4.90 Å². The molecular weight excluding hydrogens is 330 g/mol. The fourth-order valence-electron chi connectivity index (χ4n) is 4.21. The number of benzene rings is 1. The van der Waals surface area contributed by atoms with Crippen LogP contribution in [0.25, 0.3) is 0 Å². The van der Waals surface area contributed by atoms with Crippen LogP contribution in [0, 0.1) is 5.92 Å². The number of likely N-dealkylation sites (N-methyl/N-ethyl adjacent to an activating group) is 1. The van der Waals surface area contributed by atoms with Crippen molar-refractivity contribution in [1.82, 2.24) is 9.80 Å². The molecule has 0 spiro atoms. The number of carbonyl (C=O) groups is 2. The topological polar surface area (TPSA) is 53.1 Å². The van der Waals surface area contributed by atoms with Crippen molar-refractivity contribution in [2.24, 2.45) is 5.92 Å². The fourth-order valence-corrected chi connectivity index (χ4v) is 4.21. The highest BCUT2D eigenvalue weighted by molar-refractivity contribution is 5.95. The highest BCUT2D eigenvalue weighted by atomic mass is 16.5. The average Bonchev–Trinajstić information content (AvgIpc) is 2.87. The molecule has 1 aromatic rings. The van der Waals surface area contributed by atoms with Gasteiger partial charge in [0.2, 0.25) is 5.91 Å². The van der Waals surface area contributed by atoms with Gasteiger partial charge in [-0.1, -0.05) is 0 Å². The molecule has 0 unspecified atom stereocenters. The van der Waals surface area contributed by atoms with E-state index in [1.54, 1.807) is 4.90 Å². The first kappa shape index (κ1) is 17.3. The minimum atomic E-state index is -0.260. The second-order valence-corrected chi connectivity index (χ2v) is 7.64. The lowest BCUT2D eigenvalue weighted by molar-refractivity contribution is -0.133. The summed E-state index contributed by atoms with van der Waals surface area (Å²) in [6.07, 6.45) is 3.78. The van der Waals surface area contributed by atoms with E-state index in [0.29, 0.717) is 31.9 Å². The molecular formula is C20H27N3O3. The predicted octanol–water partition coefficient (Wildman–Crippen LogP) is 1.61. The number of nitrogens with zero attached hydrogens (tertiary/aromatic N) is 3. The molecule has 3 fully saturated rings. The van der Waals surface area contributed by atoms with Crippen LogP contribution in [0.4, 0.5) is 5.69 Å². The van der Waals surface area contributed by atoms with Crippen molar-refractivity contribution < 1.29 is 14.3 Å². The largest absolute Gasteiger partial charge is 0.378 e. The van der Waals surface area contributed by atoms with Gasteiger partial charge in [0.15, 0.2) is 0 Å². The molecule has 2 atom stereocenters. The Balaban J connectivity index is 1.49. The third-order valence-corrected chi connectivity index (χ3v) is 5.87. The molecule has 0 aliphatic carbocycles. The van der Waals surface area contributed by atoms with E-state index in [2.05, 4.69) is 17.0 Å². The molecule has 3 heterocycles. The van der Waals surface area contributed by atoms with Gasteiger partial charge in [-0.25, -0.2) is 0 Å². The Bertz CT molecular complexity index is 669. The van der Waals surface area contributed by atoms with Crippen LogP contribution in [-0.2, 0) is 9.53 Å². The van der Waals surface area contributed by atoms with Gasteiger partial charge in [0.25, 0.3) is 5.91 Å². The summed E-state index contributed by atoms with van der Waals surface area (Å²) in [7, 11) is 1.82. The summed E-state index contributed by atoms with van der Waals surface area (Å²) in [5.74, 6) is -0.164. The summed E-state index contributed by atoms with van der Waals surface area (Å²) >= 11 is 0. The Morgan fingerprint density at radius 3 is 2.50 bits per heavy atom. The fraction of sp³-hybridized carbons (Fsp3) is 0.600. The first-order valence-corrected chi connectivity index (χ1v) is 9.62. The quantitative estimate of drug-likeness (QED) is 0.807. The number of hydrogen-bond donors (Lipinski definition) is 0. The second kappa shape index (κ2) is 7.27. The number of fused-ring (bicyclic) bond motifs is 3. The van der Waals surface area contributed by atoms with Crippen LogP contribution in [0.2, 0.25) is 0 Å². The number of piperidine rings is 1. The van der Waals surface area contributed by atoms with Crippen molar-refractivity contribution >= 4 is 17.5 Å². The molecule has 140 valence electrons. The van der Waals surface area contributed by atoms with Gasteiger partial charge in [-0.05, 0) is 43.5 Å². The van der Waals surface area contributed by atoms with Crippen LogP contribution in [-0.4, -0.2) is 74.1 Å². The van der Waals surface area contributed by atoms with Crippen molar-refractivity contribution in [3.8, 4) is 0 Å². The molecule has 6 heteroatoms. The van der Waals surface area contributed by atoms with Crippen molar-refractivity contribution in [3.63, 3.8) is 0 Å². The van der Waals surface area contributed by atoms with Crippen LogP contribution in [0.5, 0.6) is 0 Å². The van der Waals surface area contributed by atoms with E-state index in [4.69, 9.17) is 4.74 Å². The summed E-state index contributed by atoms with van der Waals surface area (Å²) in [5.41, 5.74) is 1.89. The first-order valence-electron chi connectivity index (χ1n) is 9.62. The SMILES string of the molecule is CN1C(=O)[C@H]2COC[C@@H]1CN(C(=O)c1ccc(N3CCCCC3)cc1)C2. The lowest BCUT2D eigenvalue weighted by atomic mass is 10.1. The third-order valence-electron chi connectivity index (χ3n) is 5.87. The summed E-state index contributed by atoms with van der Waals surface area (Å²) in [6.45, 7) is 4.06. The van der Waals surface area contributed by atoms with E-state index in [1.165, 1.54) is 24.9 Å². The molecule has 1 aromatic carbocycles. The lowest BCUT2D eigenvalue weighted by Crippen LogP contribution is -2.45. The van der Waals surface area contributed by atoms with Crippen LogP contribution >= 0.6 is 0 Å². The molecule has 0 N–H and O–H groups in total. The number of ether oxygens (including phenoxy) is 1. The van der Waals surface area contributed by atoms with E-state index >= 15 is 0 Å². The number of amides is 2. The number of carbonyl (C=O) groups excluding carboxylic acids is 2. The number of hydrogen-bond acceptors (Lipinski definition) is 4. The Morgan fingerprint density at radius 2 is 1.77 bits per heavy atom. The monoisotopic (exact) mass is 357 g/mol. The zero-order chi connectivity index (χ0) is 18.1. The van der Waals surface area contributed by atoms with Gasteiger partial charge in [0.05, 0.1) is 25.2 Å². The molecule has 3 aliphatic rings. The summed E-state index contributed by atoms with van der Waals surface area (Å²) < 4.78 is 5.61. The Morgan fingerprint density at radius 1 is 1.04 bits per heavy atom. The summed E-state index contributed by atoms with van der Waals surface area (Å²) in [4.78, 5) is 31.5. The molecule has 26 heavy (non-hydrogen) atoms. The minimum Gasteiger partial charge on any atom is -0.378 e. The maximum absolute atomic E-state index is 13.0. The standard InChI is InChI=1S/C20H27N3O3/c1-21-18-12-23(11-16(19(21)24)13-26-14-18)20(25)15-5-7-17(8-6-15)22-9-3-2-4-10-22/h5-8,16,18H,2-4,9-14H2,1H3/t16-,18+/m1/s1. The van der Waals surface area contributed by atoms with Gasteiger partial charge >= 0.3 is 0 Å². The van der Waals surface area contributed by atoms with Crippen molar-refractivity contribution in [2.75, 3.05) is 51.3 Å². The third kappa shape index (κ3) is 3.30. The van der Waals surface area contributed by atoms with Crippen LogP contribution in [0.15, 0.2) is 24.3 Å². The van der Waals surface area contributed by atoms with Gasteiger partial charge in [0, 0.05) is 44.5 Å². The van der Waals surface area contributed by atoms with E-state index in [-0.39, 0.29) is 23.8 Å². The Kier molecular flexibility index (Phi) is 4.85. The Labute approximate surface area is 154 Å². The first-order chi connectivity index (χ1) is 12.6. The van der Waals surface area contributed by atoms with Crippen molar-refractivity contribution in [2.45, 2.75) is 25.3 Å². The van der Waals surface area contributed by atoms with Gasteiger partial charge < -0.3 is 19.4 Å². The maximum atomic E-state index is 13.0. The second-order valence-electron chi connectivity index (χ2n) is 7.64. The van der Waals surface area contributed by atoms with Gasteiger partial charge in [-0.15, -0.1) is 0 Å². The van der Waals surface area contributed by atoms with Crippen molar-refractivity contribution in [1.29, 1.82) is 0 Å². The molecule has 3 aliphatic heterocycles. The van der Waals surface area contributed by atoms with Crippen molar-refractivity contribution in [3.05, 3.63) is 29.8 Å². The van der Waals surface area contributed by atoms with Crippen LogP contribution in [0.1, 0.15) is 29.6 Å². The highest BCUT2D eigenvalue weighted by Gasteiger charge is 2.38. The highest BCUT2D eigenvalue weighted by Crippen LogP contribution is 2.23. The minimum absolute atomic E-state index is 0.00944. The summed E-state index contributed by atoms with van der Waals surface area (Å²) in [6, 6.07) is 7.89. The summed E-state index contributed by atoms with van der Waals surface area (Å²) in [5, 5.41) is 0. The average molecular weight is 357 g/mol. The molecule has 2 amide bonds. The molecule has 0 aromatic heterocycles. The van der Waals surface area contributed by atoms with E-state index in [0.717, 1.165) is 13.1 Å². The Hall–Kier alpha value is -2.08. The lowest BCUT2D eigenvalue weighted by Gasteiger charge is -2.30. The van der Waals surface area contributed by atoms with Gasteiger partial charge in [0.1, 0.15) is 0 Å². The van der Waals surface area contributed by atoms with E-state index < -0.39 is 0 Å². The molecule has 0 saturated carbocycles. The van der Waals surface area contributed by atoms with E-state index in [1.807, 2.05) is 24.1 Å². The number of anilines is 1.